The summed E-state index contributed by atoms with van der Waals surface area (Å²) in [5.74, 6) is 0.287. The minimum absolute atomic E-state index is 0.00677. The Morgan fingerprint density at radius 1 is 1.19 bits per heavy atom. The van der Waals surface area contributed by atoms with E-state index in [4.69, 9.17) is 9.47 Å². The highest BCUT2D eigenvalue weighted by Crippen LogP contribution is 2.60. The van der Waals surface area contributed by atoms with Gasteiger partial charge in [-0.1, -0.05) is 18.9 Å². The molecule has 0 aliphatic heterocycles. The molecule has 2 atom stereocenters. The van der Waals surface area contributed by atoms with Crippen LogP contribution in [-0.2, 0) is 9.47 Å². The molecule has 6 heteroatoms. The molecule has 1 saturated carbocycles. The molecule has 5 nitrogen and oxygen atoms in total. The Kier molecular flexibility index (Phi) is 11.0. The number of aromatic nitrogens is 2. The van der Waals surface area contributed by atoms with Crippen molar-refractivity contribution < 1.29 is 18.7 Å². The van der Waals surface area contributed by atoms with Gasteiger partial charge in [0.1, 0.15) is 11.4 Å². The first-order valence-corrected chi connectivity index (χ1v) is 14.1. The predicted molar refractivity (Wildman–Crippen MR) is 150 cm³/mol. The molecule has 0 spiro atoms. The van der Waals surface area contributed by atoms with Crippen molar-refractivity contribution >= 4 is 11.9 Å². The van der Waals surface area contributed by atoms with Crippen molar-refractivity contribution in [1.82, 2.24) is 9.97 Å². The van der Waals surface area contributed by atoms with E-state index in [1.165, 1.54) is 0 Å². The molecular weight excluding hydrogens is 467 g/mol. The van der Waals surface area contributed by atoms with Crippen molar-refractivity contribution in [3.05, 3.63) is 28.9 Å². The first-order valence-electron chi connectivity index (χ1n) is 14.1. The van der Waals surface area contributed by atoms with Crippen LogP contribution in [0.2, 0.25) is 0 Å². The summed E-state index contributed by atoms with van der Waals surface area (Å²) in [6, 6.07) is 0. The standard InChI is InChI=1S/C31H51FN2O3/c1-11-13-24(20-36-29(6,7)8)28(37-21(2)3)15-12-14-27(35)26-19-33-25(23(5)34-26)18-22(4)31(16-17-31)30(9,10)32/h18-19,21,24,28H,11-17,20H2,1-10H3/b22-18+/t24-,28?/m0/s1. The van der Waals surface area contributed by atoms with Crippen molar-refractivity contribution in [1.29, 1.82) is 0 Å². The lowest BCUT2D eigenvalue weighted by molar-refractivity contribution is -0.0857. The number of carbonyl (C=O) groups excluding carboxylic acids is 1. The Bertz CT molecular complexity index is 923. The molecule has 1 aromatic heterocycles. The third kappa shape index (κ3) is 9.24. The smallest absolute Gasteiger partial charge is 0.182 e. The number of allylic oxidation sites excluding steroid dienone is 1. The van der Waals surface area contributed by atoms with Gasteiger partial charge in [0.25, 0.3) is 0 Å². The minimum atomic E-state index is -1.27. The summed E-state index contributed by atoms with van der Waals surface area (Å²) in [6.45, 7) is 20.3. The Labute approximate surface area is 225 Å². The van der Waals surface area contributed by atoms with Gasteiger partial charge in [-0.15, -0.1) is 0 Å². The van der Waals surface area contributed by atoms with E-state index in [2.05, 4.69) is 51.5 Å². The quantitative estimate of drug-likeness (QED) is 0.220. The van der Waals surface area contributed by atoms with Crippen LogP contribution in [0.5, 0.6) is 0 Å². The van der Waals surface area contributed by atoms with Crippen molar-refractivity contribution in [2.45, 2.75) is 138 Å². The van der Waals surface area contributed by atoms with Crippen LogP contribution in [0, 0.1) is 18.3 Å². The normalized spacial score (nSPS) is 17.7. The lowest BCUT2D eigenvalue weighted by atomic mass is 9.82. The van der Waals surface area contributed by atoms with Crippen molar-refractivity contribution in [2.75, 3.05) is 6.61 Å². The molecule has 1 fully saturated rings. The maximum atomic E-state index is 14.7. The summed E-state index contributed by atoms with van der Waals surface area (Å²) in [5.41, 5.74) is 0.917. The van der Waals surface area contributed by atoms with Crippen LogP contribution in [0.25, 0.3) is 6.08 Å². The molecule has 0 aromatic carbocycles. The fourth-order valence-corrected chi connectivity index (χ4v) is 5.15. The summed E-state index contributed by atoms with van der Waals surface area (Å²) in [6.07, 6.45) is 9.39. The second kappa shape index (κ2) is 12.9. The molecule has 1 aromatic rings. The summed E-state index contributed by atoms with van der Waals surface area (Å²) in [7, 11) is 0. The van der Waals surface area contributed by atoms with E-state index in [1.807, 2.05) is 19.9 Å². The van der Waals surface area contributed by atoms with Crippen LogP contribution in [-0.4, -0.2) is 45.8 Å². The first kappa shape index (κ1) is 31.6. The fourth-order valence-electron chi connectivity index (χ4n) is 5.15. The molecule has 0 radical (unpaired) electrons. The number of ether oxygens (including phenoxy) is 2. The Morgan fingerprint density at radius 3 is 2.32 bits per heavy atom. The van der Waals surface area contributed by atoms with Crippen LogP contribution in [0.3, 0.4) is 0 Å². The molecule has 1 aliphatic rings. The van der Waals surface area contributed by atoms with E-state index in [0.717, 1.165) is 44.1 Å². The van der Waals surface area contributed by atoms with Gasteiger partial charge in [0.2, 0.25) is 0 Å². The fraction of sp³-hybridized carbons (Fsp3) is 0.774. The van der Waals surface area contributed by atoms with E-state index < -0.39 is 11.1 Å². The predicted octanol–water partition coefficient (Wildman–Crippen LogP) is 8.09. The molecule has 0 saturated heterocycles. The molecule has 37 heavy (non-hydrogen) atoms. The van der Waals surface area contributed by atoms with Crippen LogP contribution >= 0.6 is 0 Å². The van der Waals surface area contributed by atoms with Gasteiger partial charge in [-0.25, -0.2) is 9.37 Å². The Hall–Kier alpha value is -1.66. The molecule has 1 heterocycles. The zero-order valence-electron chi connectivity index (χ0n) is 25.0. The van der Waals surface area contributed by atoms with Gasteiger partial charge in [-0.2, -0.15) is 0 Å². The number of alkyl halides is 1. The van der Waals surface area contributed by atoms with Crippen molar-refractivity contribution in [3.8, 4) is 0 Å². The zero-order chi connectivity index (χ0) is 28.0. The van der Waals surface area contributed by atoms with Gasteiger partial charge in [-0.05, 0) is 100 Å². The van der Waals surface area contributed by atoms with Gasteiger partial charge in [0.15, 0.2) is 5.78 Å². The third-order valence-electron chi connectivity index (χ3n) is 7.52. The van der Waals surface area contributed by atoms with Gasteiger partial charge >= 0.3 is 0 Å². The second-order valence-corrected chi connectivity index (χ2v) is 12.6. The second-order valence-electron chi connectivity index (χ2n) is 12.6. The van der Waals surface area contributed by atoms with E-state index in [0.29, 0.717) is 36.0 Å². The molecule has 0 amide bonds. The zero-order valence-corrected chi connectivity index (χ0v) is 25.0. The summed E-state index contributed by atoms with van der Waals surface area (Å²) in [4.78, 5) is 22.0. The molecule has 1 unspecified atom stereocenters. The summed E-state index contributed by atoms with van der Waals surface area (Å²) < 4.78 is 27.1. The highest BCUT2D eigenvalue weighted by molar-refractivity contribution is 5.94. The number of ketones is 1. The summed E-state index contributed by atoms with van der Waals surface area (Å²) >= 11 is 0. The SMILES string of the molecule is CCC[C@@H](COC(C)(C)C)C(CCCC(=O)c1cnc(/C=C(\C)C2(C(C)(C)F)CC2)c(C)n1)OC(C)C. The topological polar surface area (TPSA) is 61.3 Å². The molecule has 2 rings (SSSR count). The molecular formula is C31H51FN2O3. The number of nitrogens with zero attached hydrogens (tertiary/aromatic N) is 2. The number of carbonyl (C=O) groups is 1. The number of hydrogen-bond acceptors (Lipinski definition) is 5. The Morgan fingerprint density at radius 2 is 1.84 bits per heavy atom. The largest absolute Gasteiger partial charge is 0.375 e. The average Bonchev–Trinajstić information content (AvgIpc) is 3.58. The molecule has 0 N–H and O–H groups in total. The van der Waals surface area contributed by atoms with Crippen LogP contribution in [0.4, 0.5) is 4.39 Å². The van der Waals surface area contributed by atoms with Gasteiger partial charge in [0, 0.05) is 17.8 Å². The Balaban J connectivity index is 2.03. The third-order valence-corrected chi connectivity index (χ3v) is 7.52. The highest BCUT2D eigenvalue weighted by Gasteiger charge is 2.56. The minimum Gasteiger partial charge on any atom is -0.375 e. The van der Waals surface area contributed by atoms with E-state index in [-0.39, 0.29) is 23.6 Å². The van der Waals surface area contributed by atoms with E-state index >= 15 is 0 Å². The highest BCUT2D eigenvalue weighted by atomic mass is 19.1. The molecule has 0 bridgehead atoms. The number of halogens is 1. The first-order chi connectivity index (χ1) is 17.1. The lowest BCUT2D eigenvalue weighted by Gasteiger charge is -2.31. The number of Topliss-reactive ketones (excluding diaryl/α,β-unsaturated/α-hetero) is 1. The monoisotopic (exact) mass is 518 g/mol. The lowest BCUT2D eigenvalue weighted by Crippen LogP contribution is -2.33. The van der Waals surface area contributed by atoms with Gasteiger partial charge in [0.05, 0.1) is 42.0 Å². The number of aryl methyl sites for hydroxylation is 1. The van der Waals surface area contributed by atoms with E-state index in [1.54, 1.807) is 20.0 Å². The van der Waals surface area contributed by atoms with Crippen molar-refractivity contribution in [3.63, 3.8) is 0 Å². The number of hydrogen-bond donors (Lipinski definition) is 0. The van der Waals surface area contributed by atoms with E-state index in [9.17, 15) is 9.18 Å². The van der Waals surface area contributed by atoms with Crippen LogP contribution in [0.15, 0.2) is 11.8 Å². The van der Waals surface area contributed by atoms with Gasteiger partial charge in [-0.3, -0.25) is 9.78 Å². The van der Waals surface area contributed by atoms with Gasteiger partial charge < -0.3 is 9.47 Å². The molecule has 1 aliphatic carbocycles. The van der Waals surface area contributed by atoms with Crippen molar-refractivity contribution in [2.24, 2.45) is 11.3 Å². The maximum absolute atomic E-state index is 14.7. The van der Waals surface area contributed by atoms with Crippen LogP contribution in [0.1, 0.15) is 129 Å². The van der Waals surface area contributed by atoms with Crippen LogP contribution < -0.4 is 0 Å². The summed E-state index contributed by atoms with van der Waals surface area (Å²) in [5, 5.41) is 0. The molecule has 210 valence electrons. The average molecular weight is 519 g/mol. The number of rotatable bonds is 15. The maximum Gasteiger partial charge on any atom is 0.182 e.